The first-order chi connectivity index (χ1) is 14.7. The highest BCUT2D eigenvalue weighted by molar-refractivity contribution is 7.13. The first-order valence-corrected chi connectivity index (χ1v) is 10.6. The van der Waals surface area contributed by atoms with E-state index in [1.54, 1.807) is 25.6 Å². The fraction of sp³-hybridized carbons (Fsp3) is 0.167. The van der Waals surface area contributed by atoms with Crippen molar-refractivity contribution in [1.82, 2.24) is 15.2 Å². The van der Waals surface area contributed by atoms with E-state index in [9.17, 15) is 0 Å². The maximum Gasteiger partial charge on any atom is 0.144 e. The van der Waals surface area contributed by atoms with E-state index in [2.05, 4.69) is 51.6 Å². The lowest BCUT2D eigenvalue weighted by Crippen LogP contribution is -2.30. The summed E-state index contributed by atoms with van der Waals surface area (Å²) in [5.74, 6) is 1.69. The zero-order valence-corrected chi connectivity index (χ0v) is 17.6. The molecule has 2 heterocycles. The second-order valence-electron chi connectivity index (χ2n) is 7.24. The van der Waals surface area contributed by atoms with Gasteiger partial charge in [-0.3, -0.25) is 5.10 Å². The lowest BCUT2D eigenvalue weighted by molar-refractivity contribution is 0.414. The highest BCUT2D eigenvalue weighted by atomic mass is 32.1. The molecule has 0 aliphatic heterocycles. The monoisotopic (exact) mass is 415 g/mol. The highest BCUT2D eigenvalue weighted by Crippen LogP contribution is 2.43. The maximum atomic E-state index is 5.37. The molecule has 2 aromatic heterocycles. The van der Waals surface area contributed by atoms with Crippen molar-refractivity contribution >= 4 is 17.4 Å². The molecule has 0 atom stereocenters. The van der Waals surface area contributed by atoms with E-state index in [4.69, 9.17) is 9.47 Å². The van der Waals surface area contributed by atoms with Gasteiger partial charge in [0.25, 0.3) is 0 Å². The third kappa shape index (κ3) is 3.00. The quantitative estimate of drug-likeness (QED) is 0.492. The first-order valence-electron chi connectivity index (χ1n) is 9.69. The summed E-state index contributed by atoms with van der Waals surface area (Å²) >= 11 is 1.60. The fourth-order valence-electron chi connectivity index (χ4n) is 4.11. The standard InChI is InChI=1S/C24H21N3O2S/c1-28-18-7-3-16(4-8-18)24(17-5-9-19(29-2)10-6-17)12-11-20-21(15-24)26-27-22(20)23-25-13-14-30-23/h3-14H,15H2,1-2H3,(H,26,27). The van der Waals surface area contributed by atoms with Gasteiger partial charge in [-0.25, -0.2) is 4.98 Å². The molecule has 1 aliphatic carbocycles. The Morgan fingerprint density at radius 3 is 2.10 bits per heavy atom. The molecular weight excluding hydrogens is 394 g/mol. The Kier molecular flexibility index (Phi) is 4.64. The molecule has 5 rings (SSSR count). The van der Waals surface area contributed by atoms with Gasteiger partial charge < -0.3 is 9.47 Å². The predicted octanol–water partition coefficient (Wildman–Crippen LogP) is 5.11. The summed E-state index contributed by atoms with van der Waals surface area (Å²) in [6.07, 6.45) is 7.04. The molecule has 1 aliphatic rings. The lowest BCUT2D eigenvalue weighted by Gasteiger charge is -2.34. The largest absolute Gasteiger partial charge is 0.497 e. The van der Waals surface area contributed by atoms with E-state index < -0.39 is 0 Å². The van der Waals surface area contributed by atoms with Crippen LogP contribution in [0.3, 0.4) is 0 Å². The highest BCUT2D eigenvalue weighted by Gasteiger charge is 2.37. The van der Waals surface area contributed by atoms with Gasteiger partial charge in [-0.05, 0) is 35.4 Å². The van der Waals surface area contributed by atoms with Crippen molar-refractivity contribution in [2.45, 2.75) is 11.8 Å². The van der Waals surface area contributed by atoms with Crippen LogP contribution in [0.5, 0.6) is 11.5 Å². The van der Waals surface area contributed by atoms with Crippen molar-refractivity contribution in [2.75, 3.05) is 14.2 Å². The minimum atomic E-state index is -0.321. The van der Waals surface area contributed by atoms with E-state index in [-0.39, 0.29) is 5.41 Å². The number of hydrogen-bond acceptors (Lipinski definition) is 5. The SMILES string of the molecule is COc1ccc(C2(c3ccc(OC)cc3)C=Cc3c(-c4nccs4)n[nH]c3C2)cc1. The molecule has 0 radical (unpaired) electrons. The molecule has 5 nitrogen and oxygen atoms in total. The summed E-state index contributed by atoms with van der Waals surface area (Å²) in [5, 5.41) is 10.8. The van der Waals surface area contributed by atoms with Crippen LogP contribution in [-0.2, 0) is 11.8 Å². The third-order valence-electron chi connectivity index (χ3n) is 5.72. The Balaban J connectivity index is 1.63. The number of methoxy groups -OCH3 is 2. The second-order valence-corrected chi connectivity index (χ2v) is 8.13. The van der Waals surface area contributed by atoms with E-state index in [1.807, 2.05) is 35.8 Å². The number of allylic oxidation sites excluding steroid dienone is 1. The summed E-state index contributed by atoms with van der Waals surface area (Å²) in [7, 11) is 3.37. The third-order valence-corrected chi connectivity index (χ3v) is 6.50. The van der Waals surface area contributed by atoms with Crippen LogP contribution in [0.15, 0.2) is 66.2 Å². The number of H-pyrrole nitrogens is 1. The molecule has 1 N–H and O–H groups in total. The Labute approximate surface area is 179 Å². The number of aromatic nitrogens is 3. The van der Waals surface area contributed by atoms with Crippen molar-refractivity contribution in [2.24, 2.45) is 0 Å². The van der Waals surface area contributed by atoms with E-state index in [0.717, 1.165) is 39.9 Å². The van der Waals surface area contributed by atoms with Crippen molar-refractivity contribution in [1.29, 1.82) is 0 Å². The fourth-order valence-corrected chi connectivity index (χ4v) is 4.75. The molecule has 0 bridgehead atoms. The second kappa shape index (κ2) is 7.46. The van der Waals surface area contributed by atoms with Gasteiger partial charge in [0, 0.05) is 34.7 Å². The Hall–Kier alpha value is -3.38. The lowest BCUT2D eigenvalue weighted by atomic mass is 9.68. The molecule has 0 fully saturated rings. The number of fused-ring (bicyclic) bond motifs is 1. The normalized spacial score (nSPS) is 14.3. The molecular formula is C24H21N3O2S. The zero-order chi connectivity index (χ0) is 20.6. The summed E-state index contributed by atoms with van der Waals surface area (Å²) in [5.41, 5.74) is 5.20. The van der Waals surface area contributed by atoms with Crippen molar-refractivity contribution in [3.63, 3.8) is 0 Å². The van der Waals surface area contributed by atoms with Crippen LogP contribution in [-0.4, -0.2) is 29.4 Å². The van der Waals surface area contributed by atoms with Crippen molar-refractivity contribution in [3.05, 3.63) is 88.6 Å². The van der Waals surface area contributed by atoms with E-state index >= 15 is 0 Å². The van der Waals surface area contributed by atoms with Crippen LogP contribution in [0.1, 0.15) is 22.4 Å². The van der Waals surface area contributed by atoms with Gasteiger partial charge in [0.15, 0.2) is 0 Å². The van der Waals surface area contributed by atoms with Crippen LogP contribution in [0.4, 0.5) is 0 Å². The van der Waals surface area contributed by atoms with E-state index in [1.165, 1.54) is 11.1 Å². The minimum Gasteiger partial charge on any atom is -0.497 e. The van der Waals surface area contributed by atoms with E-state index in [0.29, 0.717) is 0 Å². The van der Waals surface area contributed by atoms with Crippen LogP contribution >= 0.6 is 11.3 Å². The number of aromatic amines is 1. The number of thiazole rings is 1. The number of hydrogen-bond donors (Lipinski definition) is 1. The topological polar surface area (TPSA) is 60.0 Å². The maximum absolute atomic E-state index is 5.37. The average molecular weight is 416 g/mol. The van der Waals surface area contributed by atoms with Gasteiger partial charge in [-0.2, -0.15) is 5.10 Å². The molecule has 0 amide bonds. The molecule has 2 aromatic carbocycles. The number of rotatable bonds is 5. The average Bonchev–Trinajstić information content (AvgIpc) is 3.48. The predicted molar refractivity (Wildman–Crippen MR) is 119 cm³/mol. The van der Waals surface area contributed by atoms with Crippen molar-refractivity contribution in [3.8, 4) is 22.2 Å². The molecule has 0 saturated carbocycles. The van der Waals surface area contributed by atoms with Crippen LogP contribution in [0.25, 0.3) is 16.8 Å². The van der Waals surface area contributed by atoms with Crippen LogP contribution in [0, 0.1) is 0 Å². The molecule has 30 heavy (non-hydrogen) atoms. The molecule has 4 aromatic rings. The smallest absolute Gasteiger partial charge is 0.144 e. The van der Waals surface area contributed by atoms with Crippen molar-refractivity contribution < 1.29 is 9.47 Å². The Morgan fingerprint density at radius 1 is 0.933 bits per heavy atom. The van der Waals surface area contributed by atoms with Gasteiger partial charge in [0.1, 0.15) is 22.2 Å². The van der Waals surface area contributed by atoms with Gasteiger partial charge in [-0.15, -0.1) is 11.3 Å². The minimum absolute atomic E-state index is 0.321. The van der Waals surface area contributed by atoms with Gasteiger partial charge in [0.2, 0.25) is 0 Å². The van der Waals surface area contributed by atoms with Gasteiger partial charge >= 0.3 is 0 Å². The summed E-state index contributed by atoms with van der Waals surface area (Å²) < 4.78 is 10.7. The molecule has 0 spiro atoms. The Bertz CT molecular complexity index is 1130. The molecule has 6 heteroatoms. The summed E-state index contributed by atoms with van der Waals surface area (Å²) in [4.78, 5) is 4.43. The molecule has 150 valence electrons. The van der Waals surface area contributed by atoms with Gasteiger partial charge in [0.05, 0.1) is 14.2 Å². The van der Waals surface area contributed by atoms with Gasteiger partial charge in [-0.1, -0.05) is 36.4 Å². The number of benzene rings is 2. The Morgan fingerprint density at radius 2 is 1.57 bits per heavy atom. The first kappa shape index (κ1) is 18.6. The summed E-state index contributed by atoms with van der Waals surface area (Å²) in [6.45, 7) is 0. The van der Waals surface area contributed by atoms with Crippen LogP contribution in [0.2, 0.25) is 0 Å². The molecule has 0 saturated heterocycles. The molecule has 0 unspecified atom stereocenters. The van der Waals surface area contributed by atoms with Crippen LogP contribution < -0.4 is 9.47 Å². The number of nitrogens with one attached hydrogen (secondary N) is 1. The number of nitrogens with zero attached hydrogens (tertiary/aromatic N) is 2. The number of ether oxygens (including phenoxy) is 2. The summed E-state index contributed by atoms with van der Waals surface area (Å²) in [6, 6.07) is 16.6. The zero-order valence-electron chi connectivity index (χ0n) is 16.8.